The topological polar surface area (TPSA) is 8.81 Å². The second-order valence-corrected chi connectivity index (χ2v) is 5.17. The van der Waals surface area contributed by atoms with Gasteiger partial charge in [0.15, 0.2) is 13.2 Å². The predicted octanol–water partition coefficient (Wildman–Crippen LogP) is 3.59. The Kier molecular flexibility index (Phi) is 3.15. The van der Waals surface area contributed by atoms with Crippen LogP contribution < -0.4 is 4.68 Å². The number of aromatic nitrogens is 2. The zero-order valence-corrected chi connectivity index (χ0v) is 12.2. The van der Waals surface area contributed by atoms with Crippen molar-refractivity contribution in [1.82, 2.24) is 4.68 Å². The number of aryl methyl sites for hydroxylation is 2. The van der Waals surface area contributed by atoms with Crippen molar-refractivity contribution in [3.8, 4) is 16.8 Å². The normalized spacial score (nSPS) is 10.8. The summed E-state index contributed by atoms with van der Waals surface area (Å²) in [6.45, 7) is 4.36. The molecule has 20 heavy (non-hydrogen) atoms. The lowest BCUT2D eigenvalue weighted by molar-refractivity contribution is -0.744. The highest BCUT2D eigenvalue weighted by Gasteiger charge is 2.12. The largest absolute Gasteiger partial charge is 0.195 e. The van der Waals surface area contributed by atoms with Crippen molar-refractivity contribution in [2.45, 2.75) is 13.8 Å². The first kappa shape index (κ1) is 12.7. The standard InChI is InChI=1S/C18H19N2/c1-14-8-4-5-9-16(14)17-10-6-11-18(15(17)2)20-13-7-12-19(20)3/h4-13H,1-3H3/q+1. The molecule has 0 unspecified atom stereocenters. The van der Waals surface area contributed by atoms with Crippen LogP contribution in [0.15, 0.2) is 60.9 Å². The van der Waals surface area contributed by atoms with E-state index in [1.165, 1.54) is 27.9 Å². The van der Waals surface area contributed by atoms with Gasteiger partial charge in [0.2, 0.25) is 0 Å². The first-order valence-electron chi connectivity index (χ1n) is 6.88. The number of hydrogen-bond donors (Lipinski definition) is 0. The van der Waals surface area contributed by atoms with Crippen molar-refractivity contribution < 1.29 is 4.68 Å². The molecule has 1 heterocycles. The maximum absolute atomic E-state index is 2.20. The molecule has 0 aliphatic rings. The molecule has 2 aromatic carbocycles. The molecular weight excluding hydrogens is 244 g/mol. The van der Waals surface area contributed by atoms with E-state index in [0.717, 1.165) is 0 Å². The van der Waals surface area contributed by atoms with Crippen molar-refractivity contribution in [1.29, 1.82) is 0 Å². The maximum atomic E-state index is 2.20. The number of nitrogens with zero attached hydrogens (tertiary/aromatic N) is 2. The third-order valence-corrected chi connectivity index (χ3v) is 3.86. The van der Waals surface area contributed by atoms with Gasteiger partial charge in [-0.2, -0.15) is 0 Å². The molecule has 3 aromatic rings. The number of hydrogen-bond acceptors (Lipinski definition) is 0. The van der Waals surface area contributed by atoms with E-state index in [0.29, 0.717) is 0 Å². The summed E-state index contributed by atoms with van der Waals surface area (Å²) < 4.78 is 4.25. The fourth-order valence-electron chi connectivity index (χ4n) is 2.71. The third-order valence-electron chi connectivity index (χ3n) is 3.86. The van der Waals surface area contributed by atoms with Gasteiger partial charge >= 0.3 is 0 Å². The molecule has 0 saturated heterocycles. The molecule has 0 spiro atoms. The van der Waals surface area contributed by atoms with Crippen LogP contribution in [0, 0.1) is 13.8 Å². The zero-order chi connectivity index (χ0) is 14.1. The van der Waals surface area contributed by atoms with Gasteiger partial charge in [-0.3, -0.25) is 0 Å². The Labute approximate surface area is 119 Å². The minimum Gasteiger partial charge on any atom is -0.128 e. The predicted molar refractivity (Wildman–Crippen MR) is 81.9 cm³/mol. The molecule has 2 heteroatoms. The molecule has 0 amide bonds. The lowest BCUT2D eigenvalue weighted by Gasteiger charge is -2.12. The first-order valence-corrected chi connectivity index (χ1v) is 6.88. The van der Waals surface area contributed by atoms with Gasteiger partial charge in [-0.15, -0.1) is 9.36 Å². The van der Waals surface area contributed by atoms with E-state index in [4.69, 9.17) is 0 Å². The summed E-state index contributed by atoms with van der Waals surface area (Å²) in [6.07, 6.45) is 4.14. The Morgan fingerprint density at radius 3 is 2.30 bits per heavy atom. The monoisotopic (exact) mass is 263 g/mol. The molecule has 0 fully saturated rings. The summed E-state index contributed by atoms with van der Waals surface area (Å²) in [7, 11) is 2.06. The summed E-state index contributed by atoms with van der Waals surface area (Å²) in [5.74, 6) is 0. The van der Waals surface area contributed by atoms with Crippen LogP contribution in [0.1, 0.15) is 11.1 Å². The van der Waals surface area contributed by atoms with Gasteiger partial charge in [0.25, 0.3) is 0 Å². The van der Waals surface area contributed by atoms with Gasteiger partial charge in [0.05, 0.1) is 6.20 Å². The fraction of sp³-hybridized carbons (Fsp3) is 0.167. The molecule has 100 valence electrons. The van der Waals surface area contributed by atoms with E-state index in [9.17, 15) is 0 Å². The summed E-state index contributed by atoms with van der Waals surface area (Å²) >= 11 is 0. The summed E-state index contributed by atoms with van der Waals surface area (Å²) in [5, 5.41) is 0. The Morgan fingerprint density at radius 2 is 1.60 bits per heavy atom. The lowest BCUT2D eigenvalue weighted by atomic mass is 9.96. The van der Waals surface area contributed by atoms with Crippen LogP contribution in [-0.4, -0.2) is 4.68 Å². The molecule has 1 aromatic heterocycles. The molecule has 0 atom stereocenters. The van der Waals surface area contributed by atoms with Crippen LogP contribution in [0.5, 0.6) is 0 Å². The van der Waals surface area contributed by atoms with E-state index in [1.807, 2.05) is 0 Å². The van der Waals surface area contributed by atoms with E-state index < -0.39 is 0 Å². The van der Waals surface area contributed by atoms with Crippen LogP contribution in [0.3, 0.4) is 0 Å². The Bertz CT molecular complexity index is 754. The van der Waals surface area contributed by atoms with Gasteiger partial charge in [-0.1, -0.05) is 36.4 Å². The second-order valence-electron chi connectivity index (χ2n) is 5.17. The molecule has 3 rings (SSSR count). The average Bonchev–Trinajstić information content (AvgIpc) is 2.86. The highest BCUT2D eigenvalue weighted by atomic mass is 15.4. The van der Waals surface area contributed by atoms with Crippen molar-refractivity contribution in [2.24, 2.45) is 7.05 Å². The van der Waals surface area contributed by atoms with Gasteiger partial charge in [0.1, 0.15) is 5.69 Å². The molecular formula is C18H19N2+. The Morgan fingerprint density at radius 1 is 0.850 bits per heavy atom. The first-order chi connectivity index (χ1) is 9.68. The quantitative estimate of drug-likeness (QED) is 0.625. The van der Waals surface area contributed by atoms with E-state index >= 15 is 0 Å². The Hall–Kier alpha value is -2.35. The van der Waals surface area contributed by atoms with E-state index in [-0.39, 0.29) is 0 Å². The maximum Gasteiger partial charge on any atom is 0.195 e. The van der Waals surface area contributed by atoms with E-state index in [1.54, 1.807) is 0 Å². The van der Waals surface area contributed by atoms with Crippen LogP contribution in [0.2, 0.25) is 0 Å². The van der Waals surface area contributed by atoms with Gasteiger partial charge in [-0.25, -0.2) is 0 Å². The van der Waals surface area contributed by atoms with Crippen molar-refractivity contribution >= 4 is 0 Å². The summed E-state index contributed by atoms with van der Waals surface area (Å²) in [6, 6.07) is 17.1. The smallest absolute Gasteiger partial charge is 0.128 e. The van der Waals surface area contributed by atoms with Gasteiger partial charge in [-0.05, 0) is 42.2 Å². The number of benzene rings is 2. The van der Waals surface area contributed by atoms with Crippen LogP contribution in [0.4, 0.5) is 0 Å². The SMILES string of the molecule is Cc1ccccc1-c1cccc(-n2ccc[n+]2C)c1C. The van der Waals surface area contributed by atoms with Crippen LogP contribution in [0.25, 0.3) is 16.8 Å². The summed E-state index contributed by atoms with van der Waals surface area (Å²) in [4.78, 5) is 0. The molecule has 0 N–H and O–H groups in total. The minimum absolute atomic E-state index is 1.22. The summed E-state index contributed by atoms with van der Waals surface area (Å²) in [5.41, 5.74) is 6.44. The van der Waals surface area contributed by atoms with Crippen LogP contribution >= 0.6 is 0 Å². The Balaban J connectivity index is 2.21. The fourth-order valence-corrected chi connectivity index (χ4v) is 2.71. The minimum atomic E-state index is 1.22. The van der Waals surface area contributed by atoms with Crippen molar-refractivity contribution in [2.75, 3.05) is 0 Å². The van der Waals surface area contributed by atoms with Gasteiger partial charge in [0, 0.05) is 6.07 Å². The molecule has 0 bridgehead atoms. The zero-order valence-electron chi connectivity index (χ0n) is 12.2. The molecule has 0 radical (unpaired) electrons. The highest BCUT2D eigenvalue weighted by molar-refractivity contribution is 5.73. The number of rotatable bonds is 2. The second kappa shape index (κ2) is 4.97. The average molecular weight is 263 g/mol. The van der Waals surface area contributed by atoms with Gasteiger partial charge < -0.3 is 0 Å². The van der Waals surface area contributed by atoms with E-state index in [2.05, 4.69) is 91.2 Å². The lowest BCUT2D eigenvalue weighted by Crippen LogP contribution is -2.37. The molecule has 0 aliphatic heterocycles. The van der Waals surface area contributed by atoms with Crippen molar-refractivity contribution in [3.63, 3.8) is 0 Å². The van der Waals surface area contributed by atoms with Crippen LogP contribution in [-0.2, 0) is 7.05 Å². The van der Waals surface area contributed by atoms with Crippen molar-refractivity contribution in [3.05, 3.63) is 72.1 Å². The molecule has 2 nitrogen and oxygen atoms in total. The third kappa shape index (κ3) is 2.03. The molecule has 0 saturated carbocycles. The highest BCUT2D eigenvalue weighted by Crippen LogP contribution is 2.29. The molecule has 0 aliphatic carbocycles.